The highest BCUT2D eigenvalue weighted by molar-refractivity contribution is 6.08. The van der Waals surface area contributed by atoms with Crippen LogP contribution < -0.4 is 32.0 Å². The average molecular weight is 760 g/mol. The van der Waals surface area contributed by atoms with Crippen LogP contribution in [0.2, 0.25) is 0 Å². The van der Waals surface area contributed by atoms with E-state index in [-0.39, 0.29) is 65.1 Å². The Balaban J connectivity index is 1.12. The van der Waals surface area contributed by atoms with Crippen LogP contribution >= 0.6 is 0 Å². The molecule has 1 aromatic heterocycles. The maximum atomic E-state index is 13.5. The number of amides is 5. The molecule has 0 radical (unpaired) electrons. The van der Waals surface area contributed by atoms with E-state index in [2.05, 4.69) is 36.6 Å². The van der Waals surface area contributed by atoms with Crippen molar-refractivity contribution in [2.24, 2.45) is 0 Å². The molecule has 16 heteroatoms. The molecule has 0 saturated heterocycles. The second kappa shape index (κ2) is 17.1. The van der Waals surface area contributed by atoms with E-state index >= 15 is 0 Å². The summed E-state index contributed by atoms with van der Waals surface area (Å²) in [6.07, 6.45) is 3.13. The number of carboxylic acids is 1. The number of carbonyl (C=O) groups is 5. The number of urea groups is 1. The fourth-order valence-electron chi connectivity index (χ4n) is 6.22. The van der Waals surface area contributed by atoms with Crippen molar-refractivity contribution in [3.63, 3.8) is 0 Å². The molecular formula is C40H37N7O9. The van der Waals surface area contributed by atoms with E-state index < -0.39 is 41.8 Å². The largest absolute Gasteiger partial charge is 0.508 e. The number of aromatic nitrogens is 2. The Kier molecular flexibility index (Phi) is 11.7. The number of benzene rings is 4. The summed E-state index contributed by atoms with van der Waals surface area (Å²) in [6, 6.07) is 19.1. The number of imidazole rings is 1. The van der Waals surface area contributed by atoms with Crippen LogP contribution in [0.15, 0.2) is 107 Å². The zero-order chi connectivity index (χ0) is 39.8. The lowest BCUT2D eigenvalue weighted by atomic mass is 9.90. The van der Waals surface area contributed by atoms with Crippen LogP contribution in [0, 0.1) is 0 Å². The van der Waals surface area contributed by atoms with E-state index in [0.29, 0.717) is 22.3 Å². The van der Waals surface area contributed by atoms with Gasteiger partial charge in [0.1, 0.15) is 35.0 Å². The topological polar surface area (TPSA) is 245 Å². The summed E-state index contributed by atoms with van der Waals surface area (Å²) >= 11 is 0. The van der Waals surface area contributed by atoms with E-state index in [1.807, 2.05) is 6.07 Å². The van der Waals surface area contributed by atoms with E-state index in [1.165, 1.54) is 61.8 Å². The summed E-state index contributed by atoms with van der Waals surface area (Å²) in [5.74, 6) is -2.29. The maximum absolute atomic E-state index is 13.5. The fraction of sp³-hybridized carbons (Fsp3) is 0.175. The molecule has 0 fully saturated rings. The smallest absolute Gasteiger partial charge is 0.336 e. The SMILES string of the molecule is CNC(=O)[C@H](Cc1ncc[nH]1)NC(=O)[C@H](Cc1ccccc1)NC(=O)CCNC(=O)Nc1ccc(-c2c3ccc(=O)cc-3oc3cc(O)ccc23)c(C(=O)O)c1. The lowest BCUT2D eigenvalue weighted by Crippen LogP contribution is -2.55. The molecular weight excluding hydrogens is 722 g/mol. The zero-order valence-corrected chi connectivity index (χ0v) is 29.9. The van der Waals surface area contributed by atoms with Crippen LogP contribution in [-0.2, 0) is 27.2 Å². The van der Waals surface area contributed by atoms with Gasteiger partial charge < -0.3 is 46.2 Å². The molecule has 2 heterocycles. The molecule has 286 valence electrons. The quantitative estimate of drug-likeness (QED) is 0.0753. The first-order chi connectivity index (χ1) is 27.0. The number of anilines is 1. The summed E-state index contributed by atoms with van der Waals surface area (Å²) in [7, 11) is 1.44. The molecule has 6 rings (SSSR count). The zero-order valence-electron chi connectivity index (χ0n) is 29.9. The van der Waals surface area contributed by atoms with Crippen LogP contribution in [0.4, 0.5) is 10.5 Å². The molecule has 2 aliphatic rings. The predicted octanol–water partition coefficient (Wildman–Crippen LogP) is 3.40. The lowest BCUT2D eigenvalue weighted by Gasteiger charge is -2.22. The predicted molar refractivity (Wildman–Crippen MR) is 205 cm³/mol. The number of nitrogens with zero attached hydrogens (tertiary/aromatic N) is 1. The number of aromatic amines is 1. The summed E-state index contributed by atoms with van der Waals surface area (Å²) in [4.78, 5) is 83.8. The van der Waals surface area contributed by atoms with Gasteiger partial charge in [-0.3, -0.25) is 19.2 Å². The third-order valence-electron chi connectivity index (χ3n) is 8.86. The van der Waals surface area contributed by atoms with Crippen LogP contribution in [-0.4, -0.2) is 75.6 Å². The number of carboxylic acid groups (broad SMARTS) is 1. The Morgan fingerprint density at radius 1 is 0.857 bits per heavy atom. The van der Waals surface area contributed by atoms with Gasteiger partial charge in [-0.2, -0.15) is 0 Å². The van der Waals surface area contributed by atoms with E-state index in [9.17, 15) is 39.0 Å². The van der Waals surface area contributed by atoms with E-state index in [0.717, 1.165) is 5.56 Å². The minimum Gasteiger partial charge on any atom is -0.508 e. The Morgan fingerprint density at radius 3 is 2.36 bits per heavy atom. The second-order valence-corrected chi connectivity index (χ2v) is 12.7. The summed E-state index contributed by atoms with van der Waals surface area (Å²) < 4.78 is 5.87. The molecule has 16 nitrogen and oxygen atoms in total. The number of phenols is 1. The minimum absolute atomic E-state index is 0.0862. The van der Waals surface area contributed by atoms with Gasteiger partial charge in [0.2, 0.25) is 17.7 Å². The van der Waals surface area contributed by atoms with Gasteiger partial charge in [0.25, 0.3) is 0 Å². The van der Waals surface area contributed by atoms with Crippen LogP contribution in [0.25, 0.3) is 33.4 Å². The molecule has 0 unspecified atom stereocenters. The first-order valence-corrected chi connectivity index (χ1v) is 17.4. The molecule has 0 bridgehead atoms. The number of nitrogens with one attached hydrogen (secondary N) is 6. The van der Waals surface area contributed by atoms with Gasteiger partial charge in [-0.25, -0.2) is 14.6 Å². The highest BCUT2D eigenvalue weighted by Crippen LogP contribution is 2.42. The molecule has 1 aliphatic heterocycles. The number of carbonyl (C=O) groups excluding carboxylic acids is 4. The van der Waals surface area contributed by atoms with Gasteiger partial charge in [0.15, 0.2) is 5.43 Å². The number of hydrogen-bond acceptors (Lipinski definition) is 9. The molecule has 0 spiro atoms. The maximum Gasteiger partial charge on any atom is 0.336 e. The number of likely N-dealkylation sites (N-methyl/N-ethyl adjacent to an activating group) is 1. The van der Waals surface area contributed by atoms with Gasteiger partial charge in [0, 0.05) is 79.6 Å². The van der Waals surface area contributed by atoms with Crippen molar-refractivity contribution >= 4 is 46.4 Å². The fourth-order valence-corrected chi connectivity index (χ4v) is 6.22. The molecule has 3 aromatic carbocycles. The Labute approximate surface area is 318 Å². The molecule has 5 amide bonds. The highest BCUT2D eigenvalue weighted by atomic mass is 16.4. The summed E-state index contributed by atoms with van der Waals surface area (Å²) in [6.45, 7) is -0.138. The number of hydrogen-bond donors (Lipinski definition) is 8. The third-order valence-corrected chi connectivity index (χ3v) is 8.86. The number of phenolic OH excluding ortho intramolecular Hbond substituents is 1. The monoisotopic (exact) mass is 759 g/mol. The Hall–Kier alpha value is -7.49. The Bertz CT molecular complexity index is 2430. The molecule has 0 saturated carbocycles. The first kappa shape index (κ1) is 38.2. The molecule has 1 aliphatic carbocycles. The van der Waals surface area contributed by atoms with Crippen LogP contribution in [0.3, 0.4) is 0 Å². The molecule has 56 heavy (non-hydrogen) atoms. The third kappa shape index (κ3) is 9.17. The van der Waals surface area contributed by atoms with Gasteiger partial charge in [-0.15, -0.1) is 0 Å². The van der Waals surface area contributed by atoms with Crippen molar-refractivity contribution in [2.45, 2.75) is 31.3 Å². The molecule has 2 atom stereocenters. The minimum atomic E-state index is -1.29. The summed E-state index contributed by atoms with van der Waals surface area (Å²) in [5.41, 5.74) is 1.82. The molecule has 4 aromatic rings. The van der Waals surface area contributed by atoms with Crippen LogP contribution in [0.5, 0.6) is 5.75 Å². The first-order valence-electron chi connectivity index (χ1n) is 17.4. The van der Waals surface area contributed by atoms with Gasteiger partial charge in [0.05, 0.1) is 5.56 Å². The van der Waals surface area contributed by atoms with Crippen molar-refractivity contribution in [3.8, 4) is 28.2 Å². The van der Waals surface area contributed by atoms with Crippen molar-refractivity contribution in [3.05, 3.63) is 124 Å². The standard InChI is InChI=1S/C40H37N7O9/c1-41-37(51)31(21-34-42-15-16-43-34)47-38(52)30(17-22-5-3-2-4-6-22)46-35(50)13-14-44-40(55)45-23-7-10-26(29(18-23)39(53)54)36-27-11-8-24(48)19-32(27)56-33-20-25(49)9-12-28(33)36/h2-12,15-16,18-20,30-31,48H,13-14,17,21H2,1H3,(H,41,51)(H,42,43)(H,46,50)(H,47,52)(H,53,54)(H2,44,45,55)/t30-,31-/m0/s1. The summed E-state index contributed by atoms with van der Waals surface area (Å²) in [5, 5.41) is 33.8. The highest BCUT2D eigenvalue weighted by Gasteiger charge is 2.28. The van der Waals surface area contributed by atoms with E-state index in [1.54, 1.807) is 36.5 Å². The van der Waals surface area contributed by atoms with E-state index in [4.69, 9.17) is 4.42 Å². The average Bonchev–Trinajstić information content (AvgIpc) is 3.69. The number of aromatic hydroxyl groups is 1. The van der Waals surface area contributed by atoms with Crippen LogP contribution in [0.1, 0.15) is 28.2 Å². The van der Waals surface area contributed by atoms with Gasteiger partial charge >= 0.3 is 12.0 Å². The number of fused-ring (bicyclic) bond motifs is 2. The lowest BCUT2D eigenvalue weighted by molar-refractivity contribution is -0.132. The van der Waals surface area contributed by atoms with Crippen molar-refractivity contribution in [1.29, 1.82) is 0 Å². The number of rotatable bonds is 14. The van der Waals surface area contributed by atoms with Gasteiger partial charge in [-0.05, 0) is 47.5 Å². The normalized spacial score (nSPS) is 12.0. The second-order valence-electron chi connectivity index (χ2n) is 12.7. The van der Waals surface area contributed by atoms with Crippen molar-refractivity contribution in [1.82, 2.24) is 31.2 Å². The number of H-pyrrole nitrogens is 1. The van der Waals surface area contributed by atoms with Crippen molar-refractivity contribution < 1.29 is 38.6 Å². The van der Waals surface area contributed by atoms with Crippen molar-refractivity contribution in [2.75, 3.05) is 18.9 Å². The molecule has 8 N–H and O–H groups in total. The Morgan fingerprint density at radius 2 is 1.62 bits per heavy atom. The number of aromatic carboxylic acids is 1. The van der Waals surface area contributed by atoms with Gasteiger partial charge in [-0.1, -0.05) is 36.4 Å².